The molecule has 1 saturated carbocycles. The van der Waals surface area contributed by atoms with E-state index in [0.717, 1.165) is 58.9 Å². The van der Waals surface area contributed by atoms with Crippen molar-refractivity contribution in [3.8, 4) is 22.8 Å². The summed E-state index contributed by atoms with van der Waals surface area (Å²) in [6.45, 7) is 1.84. The molecule has 9 nitrogen and oxygen atoms in total. The van der Waals surface area contributed by atoms with Crippen molar-refractivity contribution in [1.82, 2.24) is 25.3 Å². The van der Waals surface area contributed by atoms with E-state index in [9.17, 15) is 4.79 Å². The molecular weight excluding hydrogens is 482 g/mol. The van der Waals surface area contributed by atoms with Crippen LogP contribution in [0.5, 0.6) is 11.6 Å². The molecule has 0 spiro atoms. The van der Waals surface area contributed by atoms with Gasteiger partial charge >= 0.3 is 0 Å². The standard InChI is InChI=1S/C29H29N5O4/c1-16-32-22-11-10-17(12-24(22)37-16)21-15-31-27-26(21)29(38-20-6-4-5-7-20)34-25(33-27)14-18-8-9-19(28(35)30-2)13-23(18)36-3/h8-13,15,20H,4-7,14H2,1-3H3,(H,30,35)(H,31,33,34). The molecular formula is C29H29N5O4. The first-order chi connectivity index (χ1) is 18.5. The van der Waals surface area contributed by atoms with Crippen LogP contribution in [0.3, 0.4) is 0 Å². The summed E-state index contributed by atoms with van der Waals surface area (Å²) >= 11 is 0. The predicted molar refractivity (Wildman–Crippen MR) is 144 cm³/mol. The van der Waals surface area contributed by atoms with Crippen LogP contribution in [0.25, 0.3) is 33.3 Å². The lowest BCUT2D eigenvalue weighted by atomic mass is 10.0. The van der Waals surface area contributed by atoms with Gasteiger partial charge in [-0.15, -0.1) is 0 Å². The molecule has 0 unspecified atom stereocenters. The average Bonchev–Trinajstić information content (AvgIpc) is 3.67. The van der Waals surface area contributed by atoms with Gasteiger partial charge in [0.05, 0.1) is 12.5 Å². The zero-order chi connectivity index (χ0) is 26.2. The zero-order valence-electron chi connectivity index (χ0n) is 21.6. The number of carbonyl (C=O) groups excluding carboxylic acids is 1. The highest BCUT2D eigenvalue weighted by molar-refractivity contribution is 5.98. The first-order valence-corrected chi connectivity index (χ1v) is 12.8. The van der Waals surface area contributed by atoms with Crippen molar-refractivity contribution in [2.75, 3.05) is 14.2 Å². The molecule has 9 heteroatoms. The van der Waals surface area contributed by atoms with Crippen molar-refractivity contribution < 1.29 is 18.7 Å². The fourth-order valence-corrected chi connectivity index (χ4v) is 5.15. The van der Waals surface area contributed by atoms with Crippen LogP contribution in [-0.2, 0) is 6.42 Å². The van der Waals surface area contributed by atoms with Gasteiger partial charge in [0.1, 0.15) is 28.8 Å². The molecule has 0 bridgehead atoms. The highest BCUT2D eigenvalue weighted by Crippen LogP contribution is 2.37. The minimum Gasteiger partial charge on any atom is -0.496 e. The van der Waals surface area contributed by atoms with Crippen molar-refractivity contribution >= 4 is 28.0 Å². The van der Waals surface area contributed by atoms with Gasteiger partial charge in [-0.3, -0.25) is 4.79 Å². The first kappa shape index (κ1) is 24.0. The van der Waals surface area contributed by atoms with Gasteiger partial charge in [0.2, 0.25) is 5.88 Å². The van der Waals surface area contributed by atoms with Crippen LogP contribution in [0.1, 0.15) is 53.3 Å². The number of aromatic amines is 1. The molecule has 2 N–H and O–H groups in total. The Hall–Kier alpha value is -4.40. The maximum absolute atomic E-state index is 12.1. The topological polar surface area (TPSA) is 115 Å². The molecule has 6 rings (SSSR count). The largest absolute Gasteiger partial charge is 0.496 e. The van der Waals surface area contributed by atoms with Crippen molar-refractivity contribution in [2.24, 2.45) is 0 Å². The van der Waals surface area contributed by atoms with Gasteiger partial charge in [-0.1, -0.05) is 12.1 Å². The smallest absolute Gasteiger partial charge is 0.251 e. The van der Waals surface area contributed by atoms with Crippen molar-refractivity contribution in [3.05, 3.63) is 65.4 Å². The van der Waals surface area contributed by atoms with Gasteiger partial charge in [0.15, 0.2) is 11.5 Å². The summed E-state index contributed by atoms with van der Waals surface area (Å²) in [5.41, 5.74) is 5.59. The molecule has 3 aromatic heterocycles. The van der Waals surface area contributed by atoms with E-state index in [1.807, 2.05) is 37.4 Å². The number of amides is 1. The maximum Gasteiger partial charge on any atom is 0.251 e. The lowest BCUT2D eigenvalue weighted by Gasteiger charge is -2.15. The third kappa shape index (κ3) is 4.44. The van der Waals surface area contributed by atoms with Gasteiger partial charge in [0, 0.05) is 43.3 Å². The van der Waals surface area contributed by atoms with E-state index < -0.39 is 0 Å². The van der Waals surface area contributed by atoms with Gasteiger partial charge in [0.25, 0.3) is 5.91 Å². The van der Waals surface area contributed by atoms with Crippen LogP contribution < -0.4 is 14.8 Å². The summed E-state index contributed by atoms with van der Waals surface area (Å²) in [5, 5.41) is 3.49. The molecule has 194 valence electrons. The normalized spacial score (nSPS) is 13.9. The summed E-state index contributed by atoms with van der Waals surface area (Å²) in [6, 6.07) is 11.4. The molecule has 1 amide bonds. The number of methoxy groups -OCH3 is 1. The van der Waals surface area contributed by atoms with Crippen LogP contribution in [0, 0.1) is 6.92 Å². The molecule has 3 heterocycles. The van der Waals surface area contributed by atoms with Gasteiger partial charge in [-0.05, 0) is 55.5 Å². The number of carbonyl (C=O) groups is 1. The number of ether oxygens (including phenoxy) is 2. The monoisotopic (exact) mass is 511 g/mol. The lowest BCUT2D eigenvalue weighted by molar-refractivity contribution is 0.0962. The SMILES string of the molecule is CNC(=O)c1ccc(Cc2nc(OC3CCCC3)c3c(-c4ccc5nc(C)oc5c4)c[nH]c3n2)c(OC)c1. The van der Waals surface area contributed by atoms with E-state index in [1.54, 1.807) is 26.3 Å². The third-order valence-electron chi connectivity index (χ3n) is 7.06. The number of benzene rings is 2. The Morgan fingerprint density at radius 3 is 2.76 bits per heavy atom. The maximum atomic E-state index is 12.1. The van der Waals surface area contributed by atoms with E-state index in [2.05, 4.69) is 15.3 Å². The molecule has 1 aliphatic carbocycles. The lowest BCUT2D eigenvalue weighted by Crippen LogP contribution is -2.18. The molecule has 38 heavy (non-hydrogen) atoms. The van der Waals surface area contributed by atoms with Gasteiger partial charge in [-0.25, -0.2) is 9.97 Å². The summed E-state index contributed by atoms with van der Waals surface area (Å²) in [4.78, 5) is 29.6. The third-order valence-corrected chi connectivity index (χ3v) is 7.06. The number of aromatic nitrogens is 4. The second-order valence-electron chi connectivity index (χ2n) is 9.59. The summed E-state index contributed by atoms with van der Waals surface area (Å²) < 4.78 is 17.9. The molecule has 1 aliphatic rings. The molecule has 5 aromatic rings. The van der Waals surface area contributed by atoms with Crippen LogP contribution in [-0.4, -0.2) is 46.1 Å². The van der Waals surface area contributed by atoms with E-state index >= 15 is 0 Å². The minimum atomic E-state index is -0.169. The molecule has 1 fully saturated rings. The number of oxazole rings is 1. The number of H-pyrrole nitrogens is 1. The predicted octanol–water partition coefficient (Wildman–Crippen LogP) is 5.35. The van der Waals surface area contributed by atoms with Crippen molar-refractivity contribution in [2.45, 2.75) is 45.1 Å². The summed E-state index contributed by atoms with van der Waals surface area (Å²) in [5.74, 6) is 2.25. The Morgan fingerprint density at radius 1 is 1.13 bits per heavy atom. The summed E-state index contributed by atoms with van der Waals surface area (Å²) in [6.07, 6.45) is 6.82. The molecule has 2 aromatic carbocycles. The fourth-order valence-electron chi connectivity index (χ4n) is 5.15. The Balaban J connectivity index is 1.42. The highest BCUT2D eigenvalue weighted by Gasteiger charge is 2.23. The van der Waals surface area contributed by atoms with Gasteiger partial charge < -0.3 is 24.2 Å². The Morgan fingerprint density at radius 2 is 1.97 bits per heavy atom. The molecule has 0 aliphatic heterocycles. The second kappa shape index (κ2) is 9.81. The number of fused-ring (bicyclic) bond motifs is 2. The van der Waals surface area contributed by atoms with E-state index in [0.29, 0.717) is 41.0 Å². The average molecular weight is 512 g/mol. The Labute approximate surface area is 219 Å². The van der Waals surface area contributed by atoms with Gasteiger partial charge in [-0.2, -0.15) is 4.98 Å². The fraction of sp³-hybridized carbons (Fsp3) is 0.310. The van der Waals surface area contributed by atoms with Crippen LogP contribution in [0.15, 0.2) is 47.0 Å². The quantitative estimate of drug-likeness (QED) is 0.302. The number of hydrogen-bond donors (Lipinski definition) is 2. The van der Waals surface area contributed by atoms with Crippen LogP contribution in [0.4, 0.5) is 0 Å². The summed E-state index contributed by atoms with van der Waals surface area (Å²) in [7, 11) is 3.20. The first-order valence-electron chi connectivity index (χ1n) is 12.8. The van der Waals surface area contributed by atoms with Crippen LogP contribution in [0.2, 0.25) is 0 Å². The molecule has 0 saturated heterocycles. The van der Waals surface area contributed by atoms with Crippen molar-refractivity contribution in [3.63, 3.8) is 0 Å². The number of hydrogen-bond acceptors (Lipinski definition) is 7. The van der Waals surface area contributed by atoms with Crippen LogP contribution >= 0.6 is 0 Å². The number of aryl methyl sites for hydroxylation is 1. The zero-order valence-corrected chi connectivity index (χ0v) is 21.6. The molecule has 0 radical (unpaired) electrons. The number of rotatable bonds is 7. The van der Waals surface area contributed by atoms with E-state index in [4.69, 9.17) is 23.9 Å². The highest BCUT2D eigenvalue weighted by atomic mass is 16.5. The van der Waals surface area contributed by atoms with E-state index in [-0.39, 0.29) is 12.0 Å². The Kier molecular flexibility index (Phi) is 6.19. The minimum absolute atomic E-state index is 0.129. The number of nitrogens with zero attached hydrogens (tertiary/aromatic N) is 3. The number of nitrogens with one attached hydrogen (secondary N) is 2. The Bertz CT molecular complexity index is 1650. The van der Waals surface area contributed by atoms with Crippen molar-refractivity contribution in [1.29, 1.82) is 0 Å². The van der Waals surface area contributed by atoms with E-state index in [1.165, 1.54) is 0 Å². The second-order valence-corrected chi connectivity index (χ2v) is 9.59. The molecule has 0 atom stereocenters.